The van der Waals surface area contributed by atoms with Gasteiger partial charge in [0.25, 0.3) is 0 Å². The zero-order chi connectivity index (χ0) is 13.2. The highest BCUT2D eigenvalue weighted by Gasteiger charge is 2.00. The van der Waals surface area contributed by atoms with E-state index in [4.69, 9.17) is 0 Å². The summed E-state index contributed by atoms with van der Waals surface area (Å²) in [6, 6.07) is 9.24. The Morgan fingerprint density at radius 1 is 1.26 bits per heavy atom. The minimum Gasteiger partial charge on any atom is -0.507 e. The molecule has 5 heteroatoms. The van der Waals surface area contributed by atoms with Gasteiger partial charge in [-0.15, -0.1) is 0 Å². The van der Waals surface area contributed by atoms with Crippen molar-refractivity contribution in [1.29, 1.82) is 0 Å². The maximum Gasteiger partial charge on any atom is 0.152 e. The number of aromatic amines is 1. The van der Waals surface area contributed by atoms with Crippen LogP contribution in [-0.2, 0) is 0 Å². The van der Waals surface area contributed by atoms with Gasteiger partial charge in [-0.2, -0.15) is 0 Å². The van der Waals surface area contributed by atoms with E-state index in [1.807, 2.05) is 30.5 Å². The number of phenols is 1. The summed E-state index contributed by atoms with van der Waals surface area (Å²) in [4.78, 5) is 11.6. The number of fused-ring (bicyclic) bond motifs is 1. The van der Waals surface area contributed by atoms with Crippen molar-refractivity contribution in [2.75, 3.05) is 0 Å². The Hall–Kier alpha value is -1.89. The molecule has 19 heavy (non-hydrogen) atoms. The topological polar surface area (TPSA) is 61.3 Å². The van der Waals surface area contributed by atoms with Crippen molar-refractivity contribution in [3.05, 3.63) is 51.9 Å². The molecule has 0 saturated carbocycles. The van der Waals surface area contributed by atoms with Crippen LogP contribution in [0.1, 0.15) is 5.56 Å². The number of nitrogens with one attached hydrogen (secondary N) is 1. The Balaban J connectivity index is 1.95. The first-order valence-electron chi connectivity index (χ1n) is 5.68. The molecule has 0 fully saturated rings. The maximum atomic E-state index is 9.73. The molecule has 3 aromatic rings. The fourth-order valence-corrected chi connectivity index (χ4v) is 2.29. The van der Waals surface area contributed by atoms with Crippen LogP contribution in [0.25, 0.3) is 10.9 Å². The summed E-state index contributed by atoms with van der Waals surface area (Å²) in [6.45, 7) is 0. The van der Waals surface area contributed by atoms with Crippen molar-refractivity contribution >= 4 is 45.5 Å². The largest absolute Gasteiger partial charge is 0.507 e. The standard InChI is InChI=1S/C14H10IN3O/c15-11-1-2-13(19)10(5-11)7-17-14-6-9-3-4-16-12(9)8-18-14/h1-8,16,19H. The molecule has 0 bridgehead atoms. The van der Waals surface area contributed by atoms with Crippen LogP contribution in [0.2, 0.25) is 0 Å². The molecule has 0 aliphatic rings. The smallest absolute Gasteiger partial charge is 0.152 e. The highest BCUT2D eigenvalue weighted by atomic mass is 127. The highest BCUT2D eigenvalue weighted by molar-refractivity contribution is 14.1. The zero-order valence-corrected chi connectivity index (χ0v) is 12.0. The number of benzene rings is 1. The number of aromatic nitrogens is 2. The molecular weight excluding hydrogens is 353 g/mol. The van der Waals surface area contributed by atoms with E-state index < -0.39 is 0 Å². The quantitative estimate of drug-likeness (QED) is 0.540. The lowest BCUT2D eigenvalue weighted by Crippen LogP contribution is -1.84. The number of nitrogens with zero attached hydrogens (tertiary/aromatic N) is 2. The van der Waals surface area contributed by atoms with E-state index in [2.05, 4.69) is 37.6 Å². The molecule has 0 amide bonds. The van der Waals surface area contributed by atoms with Crippen molar-refractivity contribution in [1.82, 2.24) is 9.97 Å². The van der Waals surface area contributed by atoms with Gasteiger partial charge in [0.1, 0.15) is 5.75 Å². The lowest BCUT2D eigenvalue weighted by Gasteiger charge is -1.99. The molecule has 94 valence electrons. The first kappa shape index (κ1) is 12.2. The first-order chi connectivity index (χ1) is 9.22. The summed E-state index contributed by atoms with van der Waals surface area (Å²) in [5.74, 6) is 0.831. The number of pyridine rings is 1. The molecule has 0 aliphatic heterocycles. The van der Waals surface area contributed by atoms with Gasteiger partial charge in [0.15, 0.2) is 5.82 Å². The summed E-state index contributed by atoms with van der Waals surface area (Å²) in [7, 11) is 0. The van der Waals surface area contributed by atoms with Gasteiger partial charge in [0.2, 0.25) is 0 Å². The second-order valence-corrected chi connectivity index (χ2v) is 5.31. The van der Waals surface area contributed by atoms with Crippen molar-refractivity contribution in [2.45, 2.75) is 0 Å². The fraction of sp³-hybridized carbons (Fsp3) is 0. The number of H-pyrrole nitrogens is 1. The van der Waals surface area contributed by atoms with Crippen LogP contribution < -0.4 is 0 Å². The monoisotopic (exact) mass is 363 g/mol. The van der Waals surface area contributed by atoms with Crippen LogP contribution in [0, 0.1) is 3.57 Å². The third kappa shape index (κ3) is 2.60. The van der Waals surface area contributed by atoms with Gasteiger partial charge < -0.3 is 10.1 Å². The summed E-state index contributed by atoms with van der Waals surface area (Å²) in [5, 5.41) is 10.8. The number of rotatable bonds is 2. The lowest BCUT2D eigenvalue weighted by atomic mass is 10.2. The van der Waals surface area contributed by atoms with Crippen LogP contribution in [0.4, 0.5) is 5.82 Å². The Morgan fingerprint density at radius 2 is 2.16 bits per heavy atom. The Morgan fingerprint density at radius 3 is 3.05 bits per heavy atom. The average Bonchev–Trinajstić information content (AvgIpc) is 2.87. The number of aliphatic imine (C=N–C) groups is 1. The van der Waals surface area contributed by atoms with Gasteiger partial charge >= 0.3 is 0 Å². The van der Waals surface area contributed by atoms with Gasteiger partial charge in [-0.1, -0.05) is 0 Å². The average molecular weight is 363 g/mol. The van der Waals surface area contributed by atoms with Crippen molar-refractivity contribution in [2.24, 2.45) is 4.99 Å². The van der Waals surface area contributed by atoms with Gasteiger partial charge in [-0.05, 0) is 52.9 Å². The van der Waals surface area contributed by atoms with Crippen LogP contribution in [0.15, 0.2) is 47.7 Å². The Bertz CT molecular complexity index is 764. The molecule has 2 N–H and O–H groups in total. The number of hydrogen-bond acceptors (Lipinski definition) is 3. The minimum atomic E-state index is 0.215. The van der Waals surface area contributed by atoms with E-state index in [-0.39, 0.29) is 5.75 Å². The molecule has 2 aromatic heterocycles. The van der Waals surface area contributed by atoms with E-state index in [0.29, 0.717) is 11.4 Å². The SMILES string of the molecule is Oc1ccc(I)cc1C=Nc1cc2cc[nH]c2cn1. The Kier molecular flexibility index (Phi) is 3.20. The van der Waals surface area contributed by atoms with Crippen LogP contribution in [0.5, 0.6) is 5.75 Å². The predicted molar refractivity (Wildman–Crippen MR) is 84.2 cm³/mol. The lowest BCUT2D eigenvalue weighted by molar-refractivity contribution is 0.474. The van der Waals surface area contributed by atoms with Crippen molar-refractivity contribution in [3.63, 3.8) is 0 Å². The summed E-state index contributed by atoms with van der Waals surface area (Å²) in [5.41, 5.74) is 1.67. The third-order valence-corrected chi connectivity index (χ3v) is 3.42. The zero-order valence-electron chi connectivity index (χ0n) is 9.84. The molecule has 0 saturated heterocycles. The highest BCUT2D eigenvalue weighted by Crippen LogP contribution is 2.20. The molecule has 0 radical (unpaired) electrons. The minimum absolute atomic E-state index is 0.215. The predicted octanol–water partition coefficient (Wildman–Crippen LogP) is 3.62. The Labute approximate surface area is 123 Å². The van der Waals surface area contributed by atoms with Crippen LogP contribution in [-0.4, -0.2) is 21.3 Å². The molecule has 3 rings (SSSR count). The molecule has 0 atom stereocenters. The fourth-order valence-electron chi connectivity index (χ4n) is 1.77. The van der Waals surface area contributed by atoms with Crippen molar-refractivity contribution < 1.29 is 5.11 Å². The maximum absolute atomic E-state index is 9.73. The molecule has 4 nitrogen and oxygen atoms in total. The van der Waals surface area contributed by atoms with Crippen molar-refractivity contribution in [3.8, 4) is 5.75 Å². The first-order valence-corrected chi connectivity index (χ1v) is 6.76. The van der Waals surface area contributed by atoms with E-state index in [1.54, 1.807) is 18.5 Å². The molecular formula is C14H10IN3O. The van der Waals surface area contributed by atoms with E-state index in [0.717, 1.165) is 14.5 Å². The molecule has 1 aromatic carbocycles. The summed E-state index contributed by atoms with van der Waals surface area (Å²) >= 11 is 2.19. The normalized spacial score (nSPS) is 11.4. The molecule has 2 heterocycles. The van der Waals surface area contributed by atoms with Gasteiger partial charge in [0, 0.05) is 26.9 Å². The summed E-state index contributed by atoms with van der Waals surface area (Å²) < 4.78 is 1.05. The second kappa shape index (κ2) is 5.00. The van der Waals surface area contributed by atoms with Crippen LogP contribution in [0.3, 0.4) is 0 Å². The number of aromatic hydroxyl groups is 1. The van der Waals surface area contributed by atoms with E-state index in [9.17, 15) is 5.11 Å². The molecule has 0 aliphatic carbocycles. The van der Waals surface area contributed by atoms with Gasteiger partial charge in [-0.3, -0.25) is 0 Å². The van der Waals surface area contributed by atoms with Gasteiger partial charge in [-0.25, -0.2) is 9.98 Å². The number of hydrogen-bond donors (Lipinski definition) is 2. The van der Waals surface area contributed by atoms with E-state index >= 15 is 0 Å². The molecule has 0 unspecified atom stereocenters. The third-order valence-electron chi connectivity index (χ3n) is 2.75. The van der Waals surface area contributed by atoms with E-state index in [1.165, 1.54) is 0 Å². The number of phenolic OH excluding ortho intramolecular Hbond substituents is 1. The number of halogens is 1. The van der Waals surface area contributed by atoms with Crippen LogP contribution >= 0.6 is 22.6 Å². The molecule has 0 spiro atoms. The van der Waals surface area contributed by atoms with Gasteiger partial charge in [0.05, 0.1) is 11.7 Å². The summed E-state index contributed by atoms with van der Waals surface area (Å²) in [6.07, 6.45) is 5.24. The second-order valence-electron chi connectivity index (χ2n) is 4.07.